The number of ether oxygens (including phenoxy) is 1. The molecule has 0 radical (unpaired) electrons. The summed E-state index contributed by atoms with van der Waals surface area (Å²) >= 11 is 0. The van der Waals surface area contributed by atoms with Gasteiger partial charge in [-0.3, -0.25) is 4.90 Å². The Morgan fingerprint density at radius 2 is 2.00 bits per heavy atom. The third-order valence-electron chi connectivity index (χ3n) is 5.25. The molecular formula is C19H30N4O. The van der Waals surface area contributed by atoms with E-state index in [1.54, 1.807) is 0 Å². The molecule has 3 rings (SSSR count). The molecule has 5 heteroatoms. The van der Waals surface area contributed by atoms with Gasteiger partial charge in [-0.15, -0.1) is 0 Å². The Morgan fingerprint density at radius 1 is 1.21 bits per heavy atom. The summed E-state index contributed by atoms with van der Waals surface area (Å²) < 4.78 is 5.78. The van der Waals surface area contributed by atoms with E-state index < -0.39 is 0 Å². The Morgan fingerprint density at radius 3 is 2.71 bits per heavy atom. The molecule has 0 amide bonds. The van der Waals surface area contributed by atoms with E-state index in [9.17, 15) is 0 Å². The van der Waals surface area contributed by atoms with Crippen molar-refractivity contribution in [2.24, 2.45) is 0 Å². The van der Waals surface area contributed by atoms with E-state index >= 15 is 0 Å². The van der Waals surface area contributed by atoms with Crippen LogP contribution in [0, 0.1) is 0 Å². The number of hydrogen-bond donors (Lipinski definition) is 1. The van der Waals surface area contributed by atoms with Crippen LogP contribution >= 0.6 is 0 Å². The van der Waals surface area contributed by atoms with Crippen molar-refractivity contribution in [3.8, 4) is 0 Å². The number of hydrazine groups is 1. The van der Waals surface area contributed by atoms with Crippen LogP contribution in [0.4, 0.5) is 5.69 Å². The van der Waals surface area contributed by atoms with E-state index in [-0.39, 0.29) is 6.23 Å². The molecule has 2 aliphatic heterocycles. The quantitative estimate of drug-likeness (QED) is 0.895. The van der Waals surface area contributed by atoms with Crippen LogP contribution in [0.15, 0.2) is 30.8 Å². The van der Waals surface area contributed by atoms with Crippen LogP contribution < -0.4 is 5.43 Å². The topological polar surface area (TPSA) is 31.0 Å². The highest BCUT2D eigenvalue weighted by molar-refractivity contribution is 5.55. The van der Waals surface area contributed by atoms with Gasteiger partial charge >= 0.3 is 0 Å². The van der Waals surface area contributed by atoms with Crippen LogP contribution in [-0.4, -0.2) is 74.0 Å². The third kappa shape index (κ3) is 4.16. The van der Waals surface area contributed by atoms with Crippen molar-refractivity contribution >= 4 is 11.8 Å². The smallest absolute Gasteiger partial charge is 0.128 e. The summed E-state index contributed by atoms with van der Waals surface area (Å²) in [5, 5.41) is 2.23. The number of benzene rings is 1. The lowest BCUT2D eigenvalue weighted by Gasteiger charge is -2.45. The van der Waals surface area contributed by atoms with E-state index in [4.69, 9.17) is 4.74 Å². The lowest BCUT2D eigenvalue weighted by molar-refractivity contribution is -0.0714. The fourth-order valence-corrected chi connectivity index (χ4v) is 3.68. The molecular weight excluding hydrogens is 300 g/mol. The third-order valence-corrected chi connectivity index (χ3v) is 5.25. The molecule has 0 aliphatic carbocycles. The Hall–Kier alpha value is -1.40. The molecule has 0 spiro atoms. The SMILES string of the molecule is C=Cc1cccc(NN2CCC(N3CCN(C)CC3)CC2OC)c1. The highest BCUT2D eigenvalue weighted by Crippen LogP contribution is 2.24. The van der Waals surface area contributed by atoms with E-state index in [0.29, 0.717) is 6.04 Å². The van der Waals surface area contributed by atoms with Crippen molar-refractivity contribution < 1.29 is 4.74 Å². The molecule has 0 bridgehead atoms. The predicted octanol–water partition coefficient (Wildman–Crippen LogP) is 2.34. The minimum Gasteiger partial charge on any atom is -0.365 e. The second-order valence-corrected chi connectivity index (χ2v) is 6.84. The van der Waals surface area contributed by atoms with E-state index in [0.717, 1.165) is 24.2 Å². The number of hydrogen-bond acceptors (Lipinski definition) is 5. The lowest BCUT2D eigenvalue weighted by Crippen LogP contribution is -2.56. The lowest BCUT2D eigenvalue weighted by atomic mass is 10.0. The molecule has 132 valence electrons. The number of rotatable bonds is 5. The molecule has 2 atom stereocenters. The van der Waals surface area contributed by atoms with Crippen molar-refractivity contribution in [3.63, 3.8) is 0 Å². The first kappa shape index (κ1) is 17.4. The maximum Gasteiger partial charge on any atom is 0.128 e. The molecule has 0 aromatic heterocycles. The summed E-state index contributed by atoms with van der Waals surface area (Å²) in [5.41, 5.74) is 5.74. The molecule has 1 aromatic carbocycles. The van der Waals surface area contributed by atoms with E-state index in [1.807, 2.05) is 13.2 Å². The van der Waals surface area contributed by atoms with E-state index in [2.05, 4.69) is 58.1 Å². The molecule has 1 aromatic rings. The van der Waals surface area contributed by atoms with Gasteiger partial charge in [0.1, 0.15) is 6.23 Å². The summed E-state index contributed by atoms with van der Waals surface area (Å²) in [6, 6.07) is 8.95. The Balaban J connectivity index is 1.59. The standard InChI is InChI=1S/C19H30N4O/c1-4-16-6-5-7-17(14-16)20-23-9-8-18(15-19(23)24-3)22-12-10-21(2)11-13-22/h4-7,14,18-20H,1,8-13,15H2,2-3H3. The van der Waals surface area contributed by atoms with Crippen molar-refractivity contribution in [2.45, 2.75) is 25.1 Å². The van der Waals surface area contributed by atoms with Gasteiger partial charge in [-0.2, -0.15) is 5.01 Å². The minimum absolute atomic E-state index is 0.107. The number of nitrogens with one attached hydrogen (secondary N) is 1. The van der Waals surface area contributed by atoms with Gasteiger partial charge in [0.05, 0.1) is 0 Å². The molecule has 2 saturated heterocycles. The molecule has 2 heterocycles. The maximum atomic E-state index is 5.78. The Labute approximate surface area is 145 Å². The molecule has 5 nitrogen and oxygen atoms in total. The fraction of sp³-hybridized carbons (Fsp3) is 0.579. The molecule has 0 saturated carbocycles. The van der Waals surface area contributed by atoms with Gasteiger partial charge in [-0.05, 0) is 31.2 Å². The molecule has 2 fully saturated rings. The number of methoxy groups -OCH3 is 1. The zero-order valence-corrected chi connectivity index (χ0v) is 14.9. The molecule has 24 heavy (non-hydrogen) atoms. The summed E-state index contributed by atoms with van der Waals surface area (Å²) in [6.45, 7) is 9.52. The number of nitrogens with zero attached hydrogens (tertiary/aromatic N) is 3. The van der Waals surface area contributed by atoms with Crippen molar-refractivity contribution in [1.82, 2.24) is 14.8 Å². The number of likely N-dealkylation sites (N-methyl/N-ethyl adjacent to an activating group) is 1. The van der Waals surface area contributed by atoms with Crippen molar-refractivity contribution in [2.75, 3.05) is 52.3 Å². The van der Waals surface area contributed by atoms with Gasteiger partial charge < -0.3 is 15.1 Å². The molecule has 1 N–H and O–H groups in total. The van der Waals surface area contributed by atoms with Crippen molar-refractivity contribution in [3.05, 3.63) is 36.4 Å². The Kier molecular flexibility index (Phi) is 5.89. The van der Waals surface area contributed by atoms with Crippen LogP contribution in [0.2, 0.25) is 0 Å². The van der Waals surface area contributed by atoms with Gasteiger partial charge in [-0.1, -0.05) is 24.8 Å². The zero-order chi connectivity index (χ0) is 16.9. The second kappa shape index (κ2) is 8.12. The minimum atomic E-state index is 0.107. The fourth-order valence-electron chi connectivity index (χ4n) is 3.68. The number of piperazine rings is 1. The Bertz CT molecular complexity index is 542. The van der Waals surface area contributed by atoms with Crippen LogP contribution in [0.25, 0.3) is 6.08 Å². The predicted molar refractivity (Wildman–Crippen MR) is 99.8 cm³/mol. The van der Waals surface area contributed by atoms with E-state index in [1.165, 1.54) is 32.6 Å². The summed E-state index contributed by atoms with van der Waals surface area (Å²) in [7, 11) is 4.02. The summed E-state index contributed by atoms with van der Waals surface area (Å²) in [4.78, 5) is 5.05. The zero-order valence-electron chi connectivity index (χ0n) is 14.9. The molecule has 2 unspecified atom stereocenters. The van der Waals surface area contributed by atoms with Crippen LogP contribution in [0.1, 0.15) is 18.4 Å². The van der Waals surface area contributed by atoms with Crippen molar-refractivity contribution in [1.29, 1.82) is 0 Å². The first-order valence-electron chi connectivity index (χ1n) is 8.91. The first-order chi connectivity index (χ1) is 11.7. The average Bonchev–Trinajstić information content (AvgIpc) is 2.63. The summed E-state index contributed by atoms with van der Waals surface area (Å²) in [5.74, 6) is 0. The van der Waals surface area contributed by atoms with Crippen LogP contribution in [-0.2, 0) is 4.74 Å². The normalized spacial score (nSPS) is 27.1. The number of anilines is 1. The summed E-state index contributed by atoms with van der Waals surface area (Å²) in [6.07, 6.45) is 4.21. The van der Waals surface area contributed by atoms with Gasteiger partial charge in [-0.25, -0.2) is 0 Å². The van der Waals surface area contributed by atoms with Crippen LogP contribution in [0.5, 0.6) is 0 Å². The highest BCUT2D eigenvalue weighted by Gasteiger charge is 2.32. The van der Waals surface area contributed by atoms with Gasteiger partial charge in [0.15, 0.2) is 0 Å². The number of piperidine rings is 1. The average molecular weight is 330 g/mol. The molecule has 2 aliphatic rings. The second-order valence-electron chi connectivity index (χ2n) is 6.84. The van der Waals surface area contributed by atoms with Gasteiger partial charge in [0, 0.05) is 58.0 Å². The highest BCUT2D eigenvalue weighted by atomic mass is 16.5. The maximum absolute atomic E-state index is 5.78. The van der Waals surface area contributed by atoms with Gasteiger partial charge in [0.25, 0.3) is 0 Å². The largest absolute Gasteiger partial charge is 0.365 e. The monoisotopic (exact) mass is 330 g/mol. The van der Waals surface area contributed by atoms with Crippen LogP contribution in [0.3, 0.4) is 0 Å². The first-order valence-corrected chi connectivity index (χ1v) is 8.91. The van der Waals surface area contributed by atoms with Gasteiger partial charge in [0.2, 0.25) is 0 Å².